The van der Waals surface area contributed by atoms with E-state index in [1.54, 1.807) is 18.2 Å². The van der Waals surface area contributed by atoms with Crippen LogP contribution < -0.4 is 0 Å². The number of ether oxygens (including phenoxy) is 1. The fraction of sp³-hybridized carbons (Fsp3) is 0.217. The first-order chi connectivity index (χ1) is 14.3. The van der Waals surface area contributed by atoms with Gasteiger partial charge >= 0.3 is 5.97 Å². The lowest BCUT2D eigenvalue weighted by Crippen LogP contribution is -2.04. The number of nitro groups is 1. The molecule has 7 heteroatoms. The van der Waals surface area contributed by atoms with Crippen molar-refractivity contribution in [3.63, 3.8) is 0 Å². The molecular formula is C23H23N3O4. The van der Waals surface area contributed by atoms with Crippen LogP contribution in [-0.4, -0.2) is 20.7 Å². The summed E-state index contributed by atoms with van der Waals surface area (Å²) in [4.78, 5) is 22.3. The molecule has 30 heavy (non-hydrogen) atoms. The van der Waals surface area contributed by atoms with E-state index in [2.05, 4.69) is 36.3 Å². The van der Waals surface area contributed by atoms with Crippen LogP contribution in [0.4, 0.5) is 5.69 Å². The van der Waals surface area contributed by atoms with E-state index >= 15 is 0 Å². The molecule has 0 aliphatic heterocycles. The number of aryl methyl sites for hydroxylation is 2. The molecule has 0 aliphatic rings. The van der Waals surface area contributed by atoms with Gasteiger partial charge in [-0.2, -0.15) is 5.10 Å². The van der Waals surface area contributed by atoms with Crippen LogP contribution in [0.2, 0.25) is 0 Å². The van der Waals surface area contributed by atoms with Gasteiger partial charge in [-0.1, -0.05) is 29.8 Å². The lowest BCUT2D eigenvalue weighted by molar-refractivity contribution is -0.384. The third kappa shape index (κ3) is 5.20. The van der Waals surface area contributed by atoms with Gasteiger partial charge < -0.3 is 4.74 Å². The molecule has 0 spiro atoms. The minimum Gasteiger partial charge on any atom is -0.458 e. The van der Waals surface area contributed by atoms with Crippen LogP contribution in [0.25, 0.3) is 6.08 Å². The number of non-ortho nitro benzene ring substituents is 1. The largest absolute Gasteiger partial charge is 0.458 e. The summed E-state index contributed by atoms with van der Waals surface area (Å²) >= 11 is 0. The Labute approximate surface area is 174 Å². The van der Waals surface area contributed by atoms with Crippen molar-refractivity contribution in [2.75, 3.05) is 0 Å². The number of aromatic nitrogens is 2. The monoisotopic (exact) mass is 405 g/mol. The van der Waals surface area contributed by atoms with E-state index in [4.69, 9.17) is 4.74 Å². The van der Waals surface area contributed by atoms with E-state index in [0.29, 0.717) is 12.1 Å². The first kappa shape index (κ1) is 21.0. The first-order valence-corrected chi connectivity index (χ1v) is 9.51. The molecule has 1 heterocycles. The number of rotatable bonds is 7. The summed E-state index contributed by atoms with van der Waals surface area (Å²) in [5.41, 5.74) is 5.73. The summed E-state index contributed by atoms with van der Waals surface area (Å²) in [6, 6.07) is 14.2. The van der Waals surface area contributed by atoms with Gasteiger partial charge in [0, 0.05) is 29.5 Å². The van der Waals surface area contributed by atoms with Gasteiger partial charge in [0.15, 0.2) is 0 Å². The molecule has 0 saturated carbocycles. The molecule has 1 aromatic heterocycles. The molecule has 3 aromatic rings. The average Bonchev–Trinajstić information content (AvgIpc) is 2.99. The molecule has 3 rings (SSSR count). The zero-order valence-electron chi connectivity index (χ0n) is 17.2. The second kappa shape index (κ2) is 9.17. The molecular weight excluding hydrogens is 382 g/mol. The molecule has 0 saturated heterocycles. The van der Waals surface area contributed by atoms with E-state index in [1.807, 2.05) is 18.5 Å². The van der Waals surface area contributed by atoms with Crippen LogP contribution >= 0.6 is 0 Å². The van der Waals surface area contributed by atoms with Crippen LogP contribution in [-0.2, 0) is 22.7 Å². The van der Waals surface area contributed by atoms with Gasteiger partial charge in [0.25, 0.3) is 5.69 Å². The molecule has 0 aliphatic carbocycles. The zero-order valence-corrected chi connectivity index (χ0v) is 17.2. The minimum absolute atomic E-state index is 0.00132. The number of carbonyl (C=O) groups is 1. The quantitative estimate of drug-likeness (QED) is 0.250. The third-order valence-corrected chi connectivity index (χ3v) is 4.80. The lowest BCUT2D eigenvalue weighted by Gasteiger charge is -2.05. The zero-order chi connectivity index (χ0) is 21.7. The topological polar surface area (TPSA) is 87.3 Å². The normalized spacial score (nSPS) is 11.0. The van der Waals surface area contributed by atoms with Crippen LogP contribution in [0, 0.1) is 30.9 Å². The standard InChI is InChI=1S/C23H23N3O4/c1-16-4-6-19(7-5-16)14-25-18(3)22(17(2)24-25)12-13-23(27)30-15-20-8-10-21(11-9-20)26(28)29/h4-13H,14-15H2,1-3H3/b13-12+. The Balaban J connectivity index is 1.62. The van der Waals surface area contributed by atoms with Gasteiger partial charge in [0.2, 0.25) is 0 Å². The minimum atomic E-state index is -0.488. The van der Waals surface area contributed by atoms with Crippen LogP contribution in [0.5, 0.6) is 0 Å². The molecule has 0 atom stereocenters. The average molecular weight is 405 g/mol. The maximum absolute atomic E-state index is 12.1. The number of nitrogens with zero attached hydrogens (tertiary/aromatic N) is 3. The van der Waals surface area contributed by atoms with E-state index < -0.39 is 10.9 Å². The highest BCUT2D eigenvalue weighted by atomic mass is 16.6. The number of carbonyl (C=O) groups excluding carboxylic acids is 1. The van der Waals surface area contributed by atoms with Gasteiger partial charge in [0.1, 0.15) is 6.61 Å². The Kier molecular flexibility index (Phi) is 6.41. The second-order valence-electron chi connectivity index (χ2n) is 7.09. The lowest BCUT2D eigenvalue weighted by atomic mass is 10.1. The summed E-state index contributed by atoms with van der Waals surface area (Å²) in [6.45, 7) is 6.63. The number of benzene rings is 2. The highest BCUT2D eigenvalue weighted by Gasteiger charge is 2.10. The van der Waals surface area contributed by atoms with Crippen molar-refractivity contribution in [1.82, 2.24) is 9.78 Å². The Bertz CT molecular complexity index is 1080. The Morgan fingerprint density at radius 3 is 2.33 bits per heavy atom. The van der Waals surface area contributed by atoms with Gasteiger partial charge in [-0.3, -0.25) is 14.8 Å². The fourth-order valence-electron chi connectivity index (χ4n) is 3.04. The predicted octanol–water partition coefficient (Wildman–Crippen LogP) is 4.52. The van der Waals surface area contributed by atoms with Gasteiger partial charge in [-0.15, -0.1) is 0 Å². The molecule has 0 amide bonds. The predicted molar refractivity (Wildman–Crippen MR) is 114 cm³/mol. The van der Waals surface area contributed by atoms with E-state index in [0.717, 1.165) is 22.5 Å². The van der Waals surface area contributed by atoms with Crippen LogP contribution in [0.15, 0.2) is 54.6 Å². The molecule has 0 fully saturated rings. The summed E-state index contributed by atoms with van der Waals surface area (Å²) in [5, 5.41) is 15.3. The fourth-order valence-corrected chi connectivity index (χ4v) is 3.04. The maximum atomic E-state index is 12.1. The van der Waals surface area contributed by atoms with Crippen molar-refractivity contribution in [3.8, 4) is 0 Å². The Morgan fingerprint density at radius 1 is 1.07 bits per heavy atom. The van der Waals surface area contributed by atoms with Crippen LogP contribution in [0.1, 0.15) is 33.6 Å². The third-order valence-electron chi connectivity index (χ3n) is 4.80. The van der Waals surface area contributed by atoms with Crippen molar-refractivity contribution in [3.05, 3.63) is 98.4 Å². The van der Waals surface area contributed by atoms with E-state index in [1.165, 1.54) is 23.8 Å². The second-order valence-corrected chi connectivity index (χ2v) is 7.09. The first-order valence-electron chi connectivity index (χ1n) is 9.51. The van der Waals surface area contributed by atoms with E-state index in [-0.39, 0.29) is 12.3 Å². The van der Waals surface area contributed by atoms with Crippen molar-refractivity contribution in [2.24, 2.45) is 0 Å². The van der Waals surface area contributed by atoms with Gasteiger partial charge in [-0.05, 0) is 50.1 Å². The van der Waals surface area contributed by atoms with E-state index in [9.17, 15) is 14.9 Å². The van der Waals surface area contributed by atoms with Gasteiger partial charge in [-0.25, -0.2) is 4.79 Å². The van der Waals surface area contributed by atoms with Gasteiger partial charge in [0.05, 0.1) is 17.2 Å². The smallest absolute Gasteiger partial charge is 0.331 e. The molecule has 7 nitrogen and oxygen atoms in total. The molecule has 2 aromatic carbocycles. The SMILES string of the molecule is Cc1ccc(Cn2nc(C)c(/C=C/C(=O)OCc3ccc([N+](=O)[O-])cc3)c2C)cc1. The summed E-state index contributed by atoms with van der Waals surface area (Å²) < 4.78 is 7.14. The summed E-state index contributed by atoms with van der Waals surface area (Å²) in [5.74, 6) is -0.488. The van der Waals surface area contributed by atoms with Crippen molar-refractivity contribution in [1.29, 1.82) is 0 Å². The number of hydrogen-bond acceptors (Lipinski definition) is 5. The molecule has 0 bridgehead atoms. The number of nitro benzene ring substituents is 1. The molecule has 0 unspecified atom stereocenters. The Hall–Kier alpha value is -3.74. The van der Waals surface area contributed by atoms with Crippen molar-refractivity contribution < 1.29 is 14.5 Å². The van der Waals surface area contributed by atoms with Crippen molar-refractivity contribution >= 4 is 17.7 Å². The number of hydrogen-bond donors (Lipinski definition) is 0. The molecule has 0 N–H and O–H groups in total. The Morgan fingerprint density at radius 2 is 1.70 bits per heavy atom. The summed E-state index contributed by atoms with van der Waals surface area (Å²) in [7, 11) is 0. The number of esters is 1. The van der Waals surface area contributed by atoms with Crippen molar-refractivity contribution in [2.45, 2.75) is 33.9 Å². The molecule has 154 valence electrons. The van der Waals surface area contributed by atoms with Crippen LogP contribution in [0.3, 0.4) is 0 Å². The highest BCUT2D eigenvalue weighted by molar-refractivity contribution is 5.87. The summed E-state index contributed by atoms with van der Waals surface area (Å²) in [6.07, 6.45) is 3.08. The maximum Gasteiger partial charge on any atom is 0.331 e. The highest BCUT2D eigenvalue weighted by Crippen LogP contribution is 2.17. The molecule has 0 radical (unpaired) electrons.